The van der Waals surface area contributed by atoms with E-state index in [0.717, 1.165) is 18.4 Å². The molecule has 3 nitrogen and oxygen atoms in total. The third-order valence-corrected chi connectivity index (χ3v) is 4.57. The van der Waals surface area contributed by atoms with Gasteiger partial charge in [-0.1, -0.05) is 30.3 Å². The van der Waals surface area contributed by atoms with E-state index < -0.39 is 9.84 Å². The minimum atomic E-state index is -3.06. The van der Waals surface area contributed by atoms with E-state index in [1.165, 1.54) is 0 Å². The molecule has 1 aromatic rings. The highest BCUT2D eigenvalue weighted by atomic mass is 32.2. The van der Waals surface area contributed by atoms with Gasteiger partial charge in [-0.15, -0.1) is 0 Å². The number of hydrogen-bond donors (Lipinski definition) is 1. The Hall–Kier alpha value is -0.870. The quantitative estimate of drug-likeness (QED) is 0.843. The van der Waals surface area contributed by atoms with Crippen molar-refractivity contribution in [2.45, 2.75) is 24.6 Å². The average Bonchev–Trinajstić information content (AvgIpc) is 3.00. The molecule has 2 rings (SSSR count). The van der Waals surface area contributed by atoms with Crippen LogP contribution in [0.3, 0.4) is 0 Å². The van der Waals surface area contributed by atoms with Crippen LogP contribution in [0, 0.1) is 5.92 Å². The van der Waals surface area contributed by atoms with Crippen LogP contribution >= 0.6 is 0 Å². The molecule has 0 saturated heterocycles. The summed E-state index contributed by atoms with van der Waals surface area (Å²) in [6.07, 6.45) is 2.17. The van der Waals surface area contributed by atoms with Gasteiger partial charge in [-0.3, -0.25) is 0 Å². The molecule has 88 valence electrons. The van der Waals surface area contributed by atoms with Gasteiger partial charge in [-0.25, -0.2) is 8.42 Å². The zero-order valence-corrected chi connectivity index (χ0v) is 9.99. The first-order valence-electron chi connectivity index (χ1n) is 5.57. The summed E-state index contributed by atoms with van der Waals surface area (Å²) in [4.78, 5) is 0. The highest BCUT2D eigenvalue weighted by Gasteiger charge is 2.31. The molecule has 1 aliphatic rings. The predicted molar refractivity (Wildman–Crippen MR) is 64.6 cm³/mol. The van der Waals surface area contributed by atoms with Gasteiger partial charge in [0.2, 0.25) is 0 Å². The van der Waals surface area contributed by atoms with E-state index in [-0.39, 0.29) is 17.5 Å². The van der Waals surface area contributed by atoms with Crippen LogP contribution in [0.5, 0.6) is 0 Å². The topological polar surface area (TPSA) is 60.2 Å². The molecule has 4 heteroatoms. The third-order valence-electron chi connectivity index (χ3n) is 2.90. The van der Waals surface area contributed by atoms with Crippen molar-refractivity contribution in [3.63, 3.8) is 0 Å². The zero-order chi connectivity index (χ0) is 11.6. The number of sulfone groups is 1. The summed E-state index contributed by atoms with van der Waals surface area (Å²) in [5.74, 6) is 0.659. The third kappa shape index (κ3) is 3.32. The standard InChI is InChI=1S/C12H17NO2S/c13-12(11-6-7-11)9-16(14,15)8-10-4-2-1-3-5-10/h1-5,11-12H,6-9,13H2. The van der Waals surface area contributed by atoms with Gasteiger partial charge in [0.25, 0.3) is 0 Å². The Morgan fingerprint density at radius 1 is 1.25 bits per heavy atom. The van der Waals surface area contributed by atoms with Crippen LogP contribution in [-0.4, -0.2) is 20.2 Å². The molecule has 1 atom stereocenters. The normalized spacial score (nSPS) is 18.3. The summed E-state index contributed by atoms with van der Waals surface area (Å²) in [6, 6.07) is 9.08. The Balaban J connectivity index is 1.97. The molecule has 0 radical (unpaired) electrons. The van der Waals surface area contributed by atoms with E-state index >= 15 is 0 Å². The Bertz CT molecular complexity index is 437. The molecule has 0 heterocycles. The van der Waals surface area contributed by atoms with Gasteiger partial charge in [0, 0.05) is 6.04 Å². The van der Waals surface area contributed by atoms with Crippen molar-refractivity contribution in [2.75, 3.05) is 5.75 Å². The molecule has 0 aliphatic heterocycles. The van der Waals surface area contributed by atoms with Crippen LogP contribution in [0.2, 0.25) is 0 Å². The highest BCUT2D eigenvalue weighted by Crippen LogP contribution is 2.32. The maximum absolute atomic E-state index is 11.9. The van der Waals surface area contributed by atoms with Gasteiger partial charge in [-0.2, -0.15) is 0 Å². The lowest BCUT2D eigenvalue weighted by molar-refractivity contribution is 0.573. The highest BCUT2D eigenvalue weighted by molar-refractivity contribution is 7.90. The van der Waals surface area contributed by atoms with Crippen LogP contribution in [0.4, 0.5) is 0 Å². The summed E-state index contributed by atoms with van der Waals surface area (Å²) in [6.45, 7) is 0. The minimum Gasteiger partial charge on any atom is -0.327 e. The van der Waals surface area contributed by atoms with Crippen LogP contribution < -0.4 is 5.73 Å². The Kier molecular flexibility index (Phi) is 3.30. The second-order valence-corrected chi connectivity index (χ2v) is 6.65. The molecule has 0 amide bonds. The lowest BCUT2D eigenvalue weighted by atomic mass is 10.2. The van der Waals surface area contributed by atoms with E-state index in [4.69, 9.17) is 5.73 Å². The van der Waals surface area contributed by atoms with Crippen LogP contribution in [0.1, 0.15) is 18.4 Å². The molecule has 0 spiro atoms. The van der Waals surface area contributed by atoms with E-state index in [1.54, 1.807) is 0 Å². The van der Waals surface area contributed by atoms with Gasteiger partial charge in [-0.05, 0) is 24.3 Å². The number of rotatable bonds is 5. The van der Waals surface area contributed by atoms with Crippen molar-refractivity contribution in [2.24, 2.45) is 11.7 Å². The van der Waals surface area contributed by atoms with E-state index in [1.807, 2.05) is 30.3 Å². The van der Waals surface area contributed by atoms with Gasteiger partial charge >= 0.3 is 0 Å². The van der Waals surface area contributed by atoms with Crippen molar-refractivity contribution in [3.05, 3.63) is 35.9 Å². The summed E-state index contributed by atoms with van der Waals surface area (Å²) < 4.78 is 23.7. The molecular weight excluding hydrogens is 222 g/mol. The second-order valence-electron chi connectivity index (χ2n) is 4.54. The fraction of sp³-hybridized carbons (Fsp3) is 0.500. The fourth-order valence-electron chi connectivity index (χ4n) is 1.84. The maximum atomic E-state index is 11.9. The number of nitrogens with two attached hydrogens (primary N) is 1. The Labute approximate surface area is 96.6 Å². The minimum absolute atomic E-state index is 0.105. The monoisotopic (exact) mass is 239 g/mol. The average molecular weight is 239 g/mol. The fourth-order valence-corrected chi connectivity index (χ4v) is 3.52. The van der Waals surface area contributed by atoms with E-state index in [2.05, 4.69) is 0 Å². The SMILES string of the molecule is NC(CS(=O)(=O)Cc1ccccc1)C1CC1. The van der Waals surface area contributed by atoms with Crippen LogP contribution in [0.15, 0.2) is 30.3 Å². The molecule has 0 bridgehead atoms. The first-order valence-corrected chi connectivity index (χ1v) is 7.39. The van der Waals surface area contributed by atoms with E-state index in [9.17, 15) is 8.42 Å². The summed E-state index contributed by atoms with van der Waals surface area (Å²) in [7, 11) is -3.06. The lowest BCUT2D eigenvalue weighted by Gasteiger charge is -2.10. The van der Waals surface area contributed by atoms with Crippen LogP contribution in [0.25, 0.3) is 0 Å². The van der Waals surface area contributed by atoms with Gasteiger partial charge in [0.05, 0.1) is 11.5 Å². The molecule has 1 saturated carbocycles. The Morgan fingerprint density at radius 2 is 1.88 bits per heavy atom. The maximum Gasteiger partial charge on any atom is 0.155 e. The largest absolute Gasteiger partial charge is 0.327 e. The van der Waals surface area contributed by atoms with Crippen LogP contribution in [-0.2, 0) is 15.6 Å². The van der Waals surface area contributed by atoms with Crippen molar-refractivity contribution in [1.29, 1.82) is 0 Å². The van der Waals surface area contributed by atoms with Gasteiger partial charge in [0.1, 0.15) is 0 Å². The summed E-state index contributed by atoms with van der Waals surface area (Å²) in [5.41, 5.74) is 6.68. The van der Waals surface area contributed by atoms with Crippen molar-refractivity contribution >= 4 is 9.84 Å². The van der Waals surface area contributed by atoms with E-state index in [0.29, 0.717) is 5.92 Å². The predicted octanol–water partition coefficient (Wildman–Crippen LogP) is 1.34. The van der Waals surface area contributed by atoms with Crippen molar-refractivity contribution < 1.29 is 8.42 Å². The lowest BCUT2D eigenvalue weighted by Crippen LogP contribution is -2.32. The zero-order valence-electron chi connectivity index (χ0n) is 9.17. The molecule has 1 unspecified atom stereocenters. The summed E-state index contributed by atoms with van der Waals surface area (Å²) >= 11 is 0. The van der Waals surface area contributed by atoms with Crippen molar-refractivity contribution in [3.8, 4) is 0 Å². The van der Waals surface area contributed by atoms with Crippen molar-refractivity contribution in [1.82, 2.24) is 0 Å². The number of benzene rings is 1. The smallest absolute Gasteiger partial charge is 0.155 e. The molecule has 1 fully saturated rings. The molecular formula is C12H17NO2S. The summed E-state index contributed by atoms with van der Waals surface area (Å²) in [5, 5.41) is 0. The second kappa shape index (κ2) is 4.55. The van der Waals surface area contributed by atoms with Gasteiger partial charge in [0.15, 0.2) is 9.84 Å². The molecule has 0 aromatic heterocycles. The molecule has 1 aromatic carbocycles. The molecule has 2 N–H and O–H groups in total. The number of hydrogen-bond acceptors (Lipinski definition) is 3. The Morgan fingerprint density at radius 3 is 2.44 bits per heavy atom. The first-order chi connectivity index (χ1) is 7.57. The molecule has 1 aliphatic carbocycles. The molecule has 16 heavy (non-hydrogen) atoms. The first kappa shape index (κ1) is 11.6. The van der Waals surface area contributed by atoms with Gasteiger partial charge < -0.3 is 5.73 Å².